The molecule has 1 heterocycles. The highest BCUT2D eigenvalue weighted by molar-refractivity contribution is 7.92. The quantitative estimate of drug-likeness (QED) is 0.378. The van der Waals surface area contributed by atoms with Crippen LogP contribution in [0.4, 0.5) is 5.69 Å². The molecule has 0 bridgehead atoms. The Hall–Kier alpha value is -3.17. The first kappa shape index (κ1) is 26.4. The van der Waals surface area contributed by atoms with E-state index in [1.54, 1.807) is 32.4 Å². The van der Waals surface area contributed by atoms with E-state index in [2.05, 4.69) is 29.5 Å². The third-order valence-corrected chi connectivity index (χ3v) is 6.25. The van der Waals surface area contributed by atoms with Crippen molar-refractivity contribution >= 4 is 15.7 Å². The van der Waals surface area contributed by atoms with Crippen LogP contribution in [0.3, 0.4) is 0 Å². The predicted octanol–water partition coefficient (Wildman–Crippen LogP) is 4.20. The molecule has 0 aliphatic carbocycles. The van der Waals surface area contributed by atoms with Crippen LogP contribution in [0.25, 0.3) is 5.69 Å². The van der Waals surface area contributed by atoms with E-state index in [0.717, 1.165) is 43.0 Å². The fourth-order valence-corrected chi connectivity index (χ4v) is 4.38. The number of anilines is 1. The largest absolute Gasteiger partial charge is 0.493 e. The average Bonchev–Trinajstić information content (AvgIpc) is 3.35. The lowest BCUT2D eigenvalue weighted by molar-refractivity contribution is 0.177. The van der Waals surface area contributed by atoms with Crippen LogP contribution in [-0.2, 0) is 16.4 Å². The van der Waals surface area contributed by atoms with Crippen molar-refractivity contribution in [2.75, 3.05) is 44.9 Å². The maximum absolute atomic E-state index is 11.7. The number of nitrogens with one attached hydrogen (secondary N) is 1. The average molecular weight is 502 g/mol. The Morgan fingerprint density at radius 3 is 2.26 bits per heavy atom. The normalized spacial score (nSPS) is 11.6. The molecule has 0 spiro atoms. The lowest BCUT2D eigenvalue weighted by atomic mass is 10.1. The number of methoxy groups -OCH3 is 2. The second kappa shape index (κ2) is 12.0. The molecule has 0 aliphatic rings. The maximum atomic E-state index is 11.7. The molecule has 3 rings (SSSR count). The van der Waals surface area contributed by atoms with E-state index >= 15 is 0 Å². The van der Waals surface area contributed by atoms with Gasteiger partial charge in [-0.25, -0.2) is 8.42 Å². The summed E-state index contributed by atoms with van der Waals surface area (Å²) in [7, 11) is -0.0943. The van der Waals surface area contributed by atoms with Gasteiger partial charge in [0.25, 0.3) is 0 Å². The van der Waals surface area contributed by atoms with Gasteiger partial charge in [0.2, 0.25) is 10.0 Å². The van der Waals surface area contributed by atoms with E-state index in [9.17, 15) is 8.42 Å². The third-order valence-electron chi connectivity index (χ3n) is 5.65. The zero-order valence-corrected chi connectivity index (χ0v) is 21.8. The summed E-state index contributed by atoms with van der Waals surface area (Å²) in [6.07, 6.45) is 5.81. The molecular weight excluding hydrogens is 466 g/mol. The number of ether oxygens (including phenoxy) is 3. The summed E-state index contributed by atoms with van der Waals surface area (Å²) < 4.78 is 44.7. The Bertz CT molecular complexity index is 1190. The lowest BCUT2D eigenvalue weighted by Crippen LogP contribution is -2.36. The minimum atomic E-state index is -3.37. The summed E-state index contributed by atoms with van der Waals surface area (Å²) in [6.45, 7) is 6.46. The molecule has 35 heavy (non-hydrogen) atoms. The number of hydrogen-bond acceptors (Lipinski definition) is 6. The van der Waals surface area contributed by atoms with Gasteiger partial charge in [-0.05, 0) is 68.3 Å². The molecule has 8 nitrogen and oxygen atoms in total. The summed E-state index contributed by atoms with van der Waals surface area (Å²) in [5, 5.41) is 0. The smallest absolute Gasteiger partial charge is 0.229 e. The molecule has 0 unspecified atom stereocenters. The van der Waals surface area contributed by atoms with E-state index < -0.39 is 10.0 Å². The van der Waals surface area contributed by atoms with Crippen molar-refractivity contribution in [3.05, 3.63) is 66.5 Å². The van der Waals surface area contributed by atoms with Crippen LogP contribution in [0.15, 0.2) is 60.9 Å². The molecular formula is C26H35N3O5S. The minimum absolute atomic E-state index is 0.351. The van der Waals surface area contributed by atoms with Gasteiger partial charge in [0.05, 0.1) is 31.9 Å². The van der Waals surface area contributed by atoms with Gasteiger partial charge in [-0.15, -0.1) is 0 Å². The first-order valence-electron chi connectivity index (χ1n) is 11.5. The number of rotatable bonds is 13. The molecule has 1 aromatic heterocycles. The van der Waals surface area contributed by atoms with Gasteiger partial charge in [0.15, 0.2) is 11.5 Å². The Morgan fingerprint density at radius 1 is 0.943 bits per heavy atom. The van der Waals surface area contributed by atoms with E-state index in [4.69, 9.17) is 14.2 Å². The summed E-state index contributed by atoms with van der Waals surface area (Å²) in [6, 6.07) is 15.5. The molecule has 0 saturated heterocycles. The maximum Gasteiger partial charge on any atom is 0.229 e. The minimum Gasteiger partial charge on any atom is -0.493 e. The molecule has 0 fully saturated rings. The second-order valence-corrected chi connectivity index (χ2v) is 10.3. The van der Waals surface area contributed by atoms with Crippen molar-refractivity contribution in [1.82, 2.24) is 9.47 Å². The molecule has 0 radical (unpaired) electrons. The van der Waals surface area contributed by atoms with Crippen molar-refractivity contribution in [3.8, 4) is 22.9 Å². The standard InChI is InChI=1S/C26H35N3O5S/c1-20(2)28(15-12-21-8-10-25(32-3)26(18-21)33-4)16-17-34-24-11-9-22(27-35(5,30)31)19-23(24)29-13-6-7-14-29/h6-11,13-14,18-20,27H,12,15-17H2,1-5H3. The van der Waals surface area contributed by atoms with E-state index in [0.29, 0.717) is 24.1 Å². The SMILES string of the molecule is COc1ccc(CCN(CCOc2ccc(NS(C)(=O)=O)cc2-n2cccc2)C(C)C)cc1OC. The number of aromatic nitrogens is 1. The number of nitrogens with zero attached hydrogens (tertiary/aromatic N) is 2. The predicted molar refractivity (Wildman–Crippen MR) is 140 cm³/mol. The topological polar surface area (TPSA) is 82.0 Å². The molecule has 3 aromatic rings. The Labute approximate surface area is 208 Å². The highest BCUT2D eigenvalue weighted by atomic mass is 32.2. The first-order valence-corrected chi connectivity index (χ1v) is 13.4. The van der Waals surface area contributed by atoms with Gasteiger partial charge < -0.3 is 18.8 Å². The van der Waals surface area contributed by atoms with E-state index in [1.165, 1.54) is 5.56 Å². The van der Waals surface area contributed by atoms with Crippen LogP contribution < -0.4 is 18.9 Å². The summed E-state index contributed by atoms with van der Waals surface area (Å²) in [4.78, 5) is 2.37. The molecule has 0 atom stereocenters. The van der Waals surface area contributed by atoms with Crippen molar-refractivity contribution in [1.29, 1.82) is 0 Å². The fraction of sp³-hybridized carbons (Fsp3) is 0.385. The number of benzene rings is 2. The highest BCUT2D eigenvalue weighted by Gasteiger charge is 2.13. The Kier molecular flexibility index (Phi) is 9.06. The van der Waals surface area contributed by atoms with Crippen LogP contribution in [-0.4, -0.2) is 64.1 Å². The zero-order valence-electron chi connectivity index (χ0n) is 21.0. The van der Waals surface area contributed by atoms with Gasteiger partial charge in [-0.3, -0.25) is 9.62 Å². The van der Waals surface area contributed by atoms with E-state index in [-0.39, 0.29) is 0 Å². The third kappa shape index (κ3) is 7.66. The van der Waals surface area contributed by atoms with Gasteiger partial charge in [-0.1, -0.05) is 6.07 Å². The van der Waals surface area contributed by atoms with Crippen molar-refractivity contribution in [2.45, 2.75) is 26.3 Å². The van der Waals surface area contributed by atoms with Crippen LogP contribution in [0.1, 0.15) is 19.4 Å². The van der Waals surface area contributed by atoms with Gasteiger partial charge in [0.1, 0.15) is 12.4 Å². The fourth-order valence-electron chi connectivity index (χ4n) is 3.82. The molecule has 1 N–H and O–H groups in total. The molecule has 9 heteroatoms. The highest BCUT2D eigenvalue weighted by Crippen LogP contribution is 2.29. The Morgan fingerprint density at radius 2 is 1.63 bits per heavy atom. The lowest BCUT2D eigenvalue weighted by Gasteiger charge is -2.27. The van der Waals surface area contributed by atoms with Crippen LogP contribution in [0, 0.1) is 0 Å². The number of hydrogen-bond donors (Lipinski definition) is 1. The first-order chi connectivity index (χ1) is 16.7. The molecule has 0 aliphatic heterocycles. The van der Waals surface area contributed by atoms with Crippen LogP contribution >= 0.6 is 0 Å². The second-order valence-electron chi connectivity index (χ2n) is 8.56. The van der Waals surface area contributed by atoms with E-state index in [1.807, 2.05) is 41.2 Å². The summed E-state index contributed by atoms with van der Waals surface area (Å²) in [5.74, 6) is 2.14. The van der Waals surface area contributed by atoms with Crippen molar-refractivity contribution in [3.63, 3.8) is 0 Å². The zero-order chi connectivity index (χ0) is 25.4. The monoisotopic (exact) mass is 501 g/mol. The van der Waals surface area contributed by atoms with Crippen molar-refractivity contribution < 1.29 is 22.6 Å². The van der Waals surface area contributed by atoms with Gasteiger partial charge in [-0.2, -0.15) is 0 Å². The summed E-state index contributed by atoms with van der Waals surface area (Å²) >= 11 is 0. The molecule has 190 valence electrons. The summed E-state index contributed by atoms with van der Waals surface area (Å²) in [5.41, 5.74) is 2.44. The van der Waals surface area contributed by atoms with Crippen LogP contribution in [0.2, 0.25) is 0 Å². The van der Waals surface area contributed by atoms with Crippen molar-refractivity contribution in [2.24, 2.45) is 0 Å². The number of sulfonamides is 1. The van der Waals surface area contributed by atoms with Gasteiger partial charge >= 0.3 is 0 Å². The molecule has 2 aromatic carbocycles. The van der Waals surface area contributed by atoms with Crippen LogP contribution in [0.5, 0.6) is 17.2 Å². The Balaban J connectivity index is 1.66. The molecule has 0 amide bonds. The molecule has 0 saturated carbocycles. The van der Waals surface area contributed by atoms with Gasteiger partial charge in [0, 0.05) is 31.5 Å².